The van der Waals surface area contributed by atoms with Crippen molar-refractivity contribution in [2.75, 3.05) is 18.0 Å². The Labute approximate surface area is 115 Å². The van der Waals surface area contributed by atoms with Crippen LogP contribution in [0.3, 0.4) is 0 Å². The van der Waals surface area contributed by atoms with Gasteiger partial charge in [-0.15, -0.1) is 0 Å². The largest absolute Gasteiger partial charge is 0.370 e. The van der Waals surface area contributed by atoms with E-state index in [4.69, 9.17) is 11.6 Å². The van der Waals surface area contributed by atoms with Gasteiger partial charge in [-0.25, -0.2) is 0 Å². The Morgan fingerprint density at radius 3 is 2.78 bits per heavy atom. The molecular weight excluding hydrogens is 244 g/mol. The van der Waals surface area contributed by atoms with E-state index in [9.17, 15) is 0 Å². The second-order valence-electron chi connectivity index (χ2n) is 5.66. The molecular formula is C15H23ClN2. The fourth-order valence-electron chi connectivity index (χ4n) is 2.39. The molecule has 0 saturated carbocycles. The molecule has 0 radical (unpaired) electrons. The molecule has 1 N–H and O–H groups in total. The lowest BCUT2D eigenvalue weighted by Gasteiger charge is -2.20. The summed E-state index contributed by atoms with van der Waals surface area (Å²) in [6.07, 6.45) is 1.27. The van der Waals surface area contributed by atoms with Crippen molar-refractivity contribution in [3.05, 3.63) is 28.8 Å². The quantitative estimate of drug-likeness (QED) is 0.894. The molecule has 1 unspecified atom stereocenters. The van der Waals surface area contributed by atoms with E-state index in [0.717, 1.165) is 30.6 Å². The molecule has 1 heterocycles. The predicted molar refractivity (Wildman–Crippen MR) is 79.4 cm³/mol. The molecule has 1 aromatic carbocycles. The van der Waals surface area contributed by atoms with Gasteiger partial charge in [0.1, 0.15) is 0 Å². The maximum atomic E-state index is 6.40. The highest BCUT2D eigenvalue weighted by molar-refractivity contribution is 6.33. The van der Waals surface area contributed by atoms with Crippen molar-refractivity contribution in [2.45, 2.75) is 39.8 Å². The second-order valence-corrected chi connectivity index (χ2v) is 6.07. The zero-order chi connectivity index (χ0) is 13.1. The van der Waals surface area contributed by atoms with Crippen LogP contribution in [0.4, 0.5) is 5.69 Å². The van der Waals surface area contributed by atoms with Gasteiger partial charge >= 0.3 is 0 Å². The third-order valence-electron chi connectivity index (χ3n) is 3.49. The van der Waals surface area contributed by atoms with Crippen LogP contribution < -0.4 is 10.2 Å². The minimum atomic E-state index is 0.503. The second kappa shape index (κ2) is 5.94. The highest BCUT2D eigenvalue weighted by Gasteiger charge is 2.20. The summed E-state index contributed by atoms with van der Waals surface area (Å²) in [6, 6.07) is 6.94. The number of benzene rings is 1. The molecule has 2 rings (SSSR count). The van der Waals surface area contributed by atoms with Crippen LogP contribution in [0.5, 0.6) is 0 Å². The molecule has 18 heavy (non-hydrogen) atoms. The van der Waals surface area contributed by atoms with Gasteiger partial charge in [-0.3, -0.25) is 0 Å². The Bertz CT molecular complexity index is 403. The number of nitrogens with zero attached hydrogens (tertiary/aromatic N) is 1. The van der Waals surface area contributed by atoms with Crippen molar-refractivity contribution in [3.8, 4) is 0 Å². The minimum absolute atomic E-state index is 0.503. The molecule has 0 bridgehead atoms. The summed E-state index contributed by atoms with van der Waals surface area (Å²) < 4.78 is 0. The van der Waals surface area contributed by atoms with Crippen molar-refractivity contribution < 1.29 is 0 Å². The van der Waals surface area contributed by atoms with Gasteiger partial charge in [0.15, 0.2) is 0 Å². The first-order valence-electron chi connectivity index (χ1n) is 6.83. The van der Waals surface area contributed by atoms with E-state index in [1.54, 1.807) is 0 Å². The van der Waals surface area contributed by atoms with E-state index in [2.05, 4.69) is 49.2 Å². The standard InChI is InChI=1S/C15H23ClN2/c1-11(2)17-9-13-4-5-15(14(16)8-13)18-7-6-12(3)10-18/h4-5,8,11-12,17H,6-7,9-10H2,1-3H3. The van der Waals surface area contributed by atoms with Crippen molar-refractivity contribution in [1.82, 2.24) is 5.32 Å². The van der Waals surface area contributed by atoms with Gasteiger partial charge < -0.3 is 10.2 Å². The lowest BCUT2D eigenvalue weighted by Crippen LogP contribution is -2.22. The van der Waals surface area contributed by atoms with Crippen molar-refractivity contribution >= 4 is 17.3 Å². The van der Waals surface area contributed by atoms with Gasteiger partial charge in [-0.05, 0) is 30.0 Å². The molecule has 0 amide bonds. The van der Waals surface area contributed by atoms with Crippen LogP contribution in [0.25, 0.3) is 0 Å². The van der Waals surface area contributed by atoms with Crippen LogP contribution >= 0.6 is 11.6 Å². The van der Waals surface area contributed by atoms with E-state index in [1.165, 1.54) is 17.7 Å². The fraction of sp³-hybridized carbons (Fsp3) is 0.600. The first-order valence-corrected chi connectivity index (χ1v) is 7.21. The minimum Gasteiger partial charge on any atom is -0.370 e. The molecule has 100 valence electrons. The smallest absolute Gasteiger partial charge is 0.0642 e. The maximum Gasteiger partial charge on any atom is 0.0642 e. The van der Waals surface area contributed by atoms with E-state index in [-0.39, 0.29) is 0 Å². The highest BCUT2D eigenvalue weighted by Crippen LogP contribution is 2.31. The van der Waals surface area contributed by atoms with Gasteiger partial charge in [0.25, 0.3) is 0 Å². The molecule has 1 saturated heterocycles. The molecule has 1 aliphatic heterocycles. The van der Waals surface area contributed by atoms with Crippen LogP contribution in [0.2, 0.25) is 5.02 Å². The normalized spacial score (nSPS) is 19.8. The number of hydrogen-bond acceptors (Lipinski definition) is 2. The summed E-state index contributed by atoms with van der Waals surface area (Å²) in [6.45, 7) is 9.75. The van der Waals surface area contributed by atoms with Gasteiger partial charge in [-0.1, -0.05) is 38.4 Å². The summed E-state index contributed by atoms with van der Waals surface area (Å²) >= 11 is 6.40. The Hall–Kier alpha value is -0.730. The number of anilines is 1. The first kappa shape index (κ1) is 13.7. The highest BCUT2D eigenvalue weighted by atomic mass is 35.5. The molecule has 0 aliphatic carbocycles. The molecule has 2 nitrogen and oxygen atoms in total. The zero-order valence-corrected chi connectivity index (χ0v) is 12.3. The number of nitrogens with one attached hydrogen (secondary N) is 1. The van der Waals surface area contributed by atoms with E-state index >= 15 is 0 Å². The molecule has 1 atom stereocenters. The molecule has 0 spiro atoms. The van der Waals surface area contributed by atoms with Gasteiger partial charge in [0.05, 0.1) is 10.7 Å². The van der Waals surface area contributed by atoms with E-state index in [0.29, 0.717) is 6.04 Å². The van der Waals surface area contributed by atoms with Crippen LogP contribution in [-0.4, -0.2) is 19.1 Å². The van der Waals surface area contributed by atoms with Crippen LogP contribution in [-0.2, 0) is 6.54 Å². The SMILES string of the molecule is CC1CCN(c2ccc(CNC(C)C)cc2Cl)C1. The molecule has 3 heteroatoms. The maximum absolute atomic E-state index is 6.40. The van der Waals surface area contributed by atoms with Gasteiger partial charge in [-0.2, -0.15) is 0 Å². The molecule has 1 aromatic rings. The van der Waals surface area contributed by atoms with Crippen molar-refractivity contribution in [3.63, 3.8) is 0 Å². The van der Waals surface area contributed by atoms with Crippen LogP contribution in [0, 0.1) is 5.92 Å². The first-order chi connectivity index (χ1) is 8.56. The summed E-state index contributed by atoms with van der Waals surface area (Å²) in [5.41, 5.74) is 2.44. The number of halogens is 1. The average Bonchev–Trinajstić information content (AvgIpc) is 2.73. The van der Waals surface area contributed by atoms with Crippen molar-refractivity contribution in [2.24, 2.45) is 5.92 Å². The molecule has 1 fully saturated rings. The summed E-state index contributed by atoms with van der Waals surface area (Å²) in [5.74, 6) is 0.781. The fourth-order valence-corrected chi connectivity index (χ4v) is 2.72. The Kier molecular flexibility index (Phi) is 4.52. The van der Waals surface area contributed by atoms with Crippen LogP contribution in [0.15, 0.2) is 18.2 Å². The zero-order valence-electron chi connectivity index (χ0n) is 11.5. The number of rotatable bonds is 4. The summed E-state index contributed by atoms with van der Waals surface area (Å²) in [4.78, 5) is 2.40. The Morgan fingerprint density at radius 2 is 2.22 bits per heavy atom. The van der Waals surface area contributed by atoms with Gasteiger partial charge in [0, 0.05) is 25.7 Å². The third kappa shape index (κ3) is 3.39. The Morgan fingerprint density at radius 1 is 1.44 bits per heavy atom. The topological polar surface area (TPSA) is 15.3 Å². The lowest BCUT2D eigenvalue weighted by molar-refractivity contribution is 0.589. The molecule has 1 aliphatic rings. The Balaban J connectivity index is 2.05. The summed E-state index contributed by atoms with van der Waals surface area (Å²) in [7, 11) is 0. The third-order valence-corrected chi connectivity index (χ3v) is 3.79. The lowest BCUT2D eigenvalue weighted by atomic mass is 10.1. The van der Waals surface area contributed by atoms with E-state index in [1.807, 2.05) is 0 Å². The van der Waals surface area contributed by atoms with Crippen molar-refractivity contribution in [1.29, 1.82) is 0 Å². The predicted octanol–water partition coefficient (Wildman–Crippen LogP) is 3.68. The molecule has 0 aromatic heterocycles. The average molecular weight is 267 g/mol. The van der Waals surface area contributed by atoms with E-state index < -0.39 is 0 Å². The van der Waals surface area contributed by atoms with Gasteiger partial charge in [0.2, 0.25) is 0 Å². The summed E-state index contributed by atoms with van der Waals surface area (Å²) in [5, 5.41) is 4.29. The van der Waals surface area contributed by atoms with Crippen LogP contribution in [0.1, 0.15) is 32.8 Å². The monoisotopic (exact) mass is 266 g/mol. The number of hydrogen-bond donors (Lipinski definition) is 1.